The predicted octanol–water partition coefficient (Wildman–Crippen LogP) is 4.50. The third kappa shape index (κ3) is 3.94. The molecule has 1 atom stereocenters. The minimum atomic E-state index is 0.0229. The van der Waals surface area contributed by atoms with Crippen molar-refractivity contribution in [3.05, 3.63) is 68.1 Å². The fraction of sp³-hybridized carbons (Fsp3) is 0.143. The van der Waals surface area contributed by atoms with E-state index in [-0.39, 0.29) is 6.04 Å². The molecule has 2 aromatic rings. The first-order valence-corrected chi connectivity index (χ1v) is 7.30. The van der Waals surface area contributed by atoms with Crippen LogP contribution >= 0.6 is 39.1 Å². The van der Waals surface area contributed by atoms with E-state index in [1.54, 1.807) is 6.07 Å². The van der Waals surface area contributed by atoms with E-state index in [0.29, 0.717) is 10.0 Å². The third-order valence-corrected chi connectivity index (χ3v) is 4.11. The van der Waals surface area contributed by atoms with Crippen molar-refractivity contribution >= 4 is 39.1 Å². The van der Waals surface area contributed by atoms with Crippen LogP contribution in [0.15, 0.2) is 46.9 Å². The summed E-state index contributed by atoms with van der Waals surface area (Å²) in [5, 5.41) is 1.12. The van der Waals surface area contributed by atoms with Gasteiger partial charge in [-0.3, -0.25) is 11.3 Å². The molecule has 1 unspecified atom stereocenters. The lowest BCUT2D eigenvalue weighted by Crippen LogP contribution is -2.29. The summed E-state index contributed by atoms with van der Waals surface area (Å²) in [6, 6.07) is 13.7. The maximum Gasteiger partial charge on any atom is 0.0595 e. The highest BCUT2D eigenvalue weighted by Crippen LogP contribution is 2.26. The second-order valence-electron chi connectivity index (χ2n) is 4.23. The van der Waals surface area contributed by atoms with Crippen molar-refractivity contribution in [2.75, 3.05) is 0 Å². The second-order valence-corrected chi connectivity index (χ2v) is 5.96. The van der Waals surface area contributed by atoms with Gasteiger partial charge >= 0.3 is 0 Å². The van der Waals surface area contributed by atoms with Crippen molar-refractivity contribution in [2.45, 2.75) is 12.5 Å². The van der Waals surface area contributed by atoms with Crippen LogP contribution in [-0.4, -0.2) is 0 Å². The molecule has 0 aromatic heterocycles. The summed E-state index contributed by atoms with van der Waals surface area (Å²) in [5.41, 5.74) is 5.03. The van der Waals surface area contributed by atoms with Gasteiger partial charge in [-0.25, -0.2) is 0 Å². The monoisotopic (exact) mass is 358 g/mol. The van der Waals surface area contributed by atoms with Crippen LogP contribution in [0, 0.1) is 0 Å². The van der Waals surface area contributed by atoms with Crippen molar-refractivity contribution < 1.29 is 0 Å². The average Bonchev–Trinajstić information content (AvgIpc) is 2.40. The first kappa shape index (κ1) is 14.8. The summed E-state index contributed by atoms with van der Waals surface area (Å²) >= 11 is 15.4. The Balaban J connectivity index is 2.21. The quantitative estimate of drug-likeness (QED) is 0.622. The smallest absolute Gasteiger partial charge is 0.0595 e. The molecule has 0 radical (unpaired) electrons. The van der Waals surface area contributed by atoms with Gasteiger partial charge in [-0.05, 0) is 41.8 Å². The van der Waals surface area contributed by atoms with Gasteiger partial charge in [-0.2, -0.15) is 0 Å². The predicted molar refractivity (Wildman–Crippen MR) is 84.4 cm³/mol. The molecule has 0 aliphatic carbocycles. The molecule has 2 nitrogen and oxygen atoms in total. The molecule has 0 fully saturated rings. The third-order valence-electron chi connectivity index (χ3n) is 2.88. The van der Waals surface area contributed by atoms with Gasteiger partial charge in [-0.1, -0.05) is 57.3 Å². The molecule has 5 heteroatoms. The van der Waals surface area contributed by atoms with E-state index >= 15 is 0 Å². The summed E-state index contributed by atoms with van der Waals surface area (Å²) in [4.78, 5) is 0. The van der Waals surface area contributed by atoms with E-state index in [1.807, 2.05) is 36.4 Å². The van der Waals surface area contributed by atoms with Gasteiger partial charge in [0, 0.05) is 4.47 Å². The zero-order chi connectivity index (χ0) is 13.8. The zero-order valence-corrected chi connectivity index (χ0v) is 13.1. The number of hydrazine groups is 1. The number of nitrogens with one attached hydrogen (secondary N) is 1. The molecular weight excluding hydrogens is 347 g/mol. The Morgan fingerprint density at radius 1 is 1.11 bits per heavy atom. The Morgan fingerprint density at radius 3 is 2.53 bits per heavy atom. The lowest BCUT2D eigenvalue weighted by Gasteiger charge is -2.17. The number of benzene rings is 2. The Kier molecular flexibility index (Phi) is 5.25. The van der Waals surface area contributed by atoms with Crippen molar-refractivity contribution in [3.8, 4) is 0 Å². The van der Waals surface area contributed by atoms with Gasteiger partial charge in [0.2, 0.25) is 0 Å². The maximum atomic E-state index is 6.02. The standard InChI is InChI=1S/C14H13BrCl2N2/c15-11-3-1-2-10(8-11)14(19-18)7-9-4-5-12(16)13(17)6-9/h1-6,8,14,19H,7,18H2. The molecule has 2 aromatic carbocycles. The molecule has 0 aliphatic rings. The van der Waals surface area contributed by atoms with Crippen molar-refractivity contribution in [1.29, 1.82) is 0 Å². The fourth-order valence-electron chi connectivity index (χ4n) is 1.90. The van der Waals surface area contributed by atoms with Gasteiger partial charge in [-0.15, -0.1) is 0 Å². The van der Waals surface area contributed by atoms with Crippen LogP contribution in [0.4, 0.5) is 0 Å². The highest BCUT2D eigenvalue weighted by molar-refractivity contribution is 9.10. The van der Waals surface area contributed by atoms with Gasteiger partial charge in [0.15, 0.2) is 0 Å². The SMILES string of the molecule is NNC(Cc1ccc(Cl)c(Cl)c1)c1cccc(Br)c1. The molecule has 0 bridgehead atoms. The van der Waals surface area contributed by atoms with E-state index < -0.39 is 0 Å². The summed E-state index contributed by atoms with van der Waals surface area (Å²) < 4.78 is 1.03. The first-order chi connectivity index (χ1) is 9.10. The number of nitrogens with two attached hydrogens (primary N) is 1. The molecule has 0 heterocycles. The molecule has 0 amide bonds. The topological polar surface area (TPSA) is 38.0 Å². The van der Waals surface area contributed by atoms with Gasteiger partial charge in [0.1, 0.15) is 0 Å². The number of halogens is 3. The second kappa shape index (κ2) is 6.73. The van der Waals surface area contributed by atoms with Crippen LogP contribution in [0.25, 0.3) is 0 Å². The van der Waals surface area contributed by atoms with E-state index in [0.717, 1.165) is 22.0 Å². The molecule has 100 valence electrons. The van der Waals surface area contributed by atoms with E-state index in [4.69, 9.17) is 29.0 Å². The largest absolute Gasteiger partial charge is 0.271 e. The molecule has 0 saturated carbocycles. The summed E-state index contributed by atoms with van der Waals surface area (Å²) in [6.45, 7) is 0. The van der Waals surface area contributed by atoms with Crippen LogP contribution in [0.1, 0.15) is 17.2 Å². The minimum Gasteiger partial charge on any atom is -0.271 e. The molecule has 0 saturated heterocycles. The number of rotatable bonds is 4. The number of hydrogen-bond donors (Lipinski definition) is 2. The van der Waals surface area contributed by atoms with E-state index in [9.17, 15) is 0 Å². The van der Waals surface area contributed by atoms with Crippen LogP contribution in [0.3, 0.4) is 0 Å². The highest BCUT2D eigenvalue weighted by Gasteiger charge is 2.11. The fourth-order valence-corrected chi connectivity index (χ4v) is 2.64. The van der Waals surface area contributed by atoms with Crippen molar-refractivity contribution in [3.63, 3.8) is 0 Å². The maximum absolute atomic E-state index is 6.02. The molecular formula is C14H13BrCl2N2. The zero-order valence-electron chi connectivity index (χ0n) is 10.0. The van der Waals surface area contributed by atoms with E-state index in [1.165, 1.54) is 0 Å². The average molecular weight is 360 g/mol. The molecule has 19 heavy (non-hydrogen) atoms. The van der Waals surface area contributed by atoms with Gasteiger partial charge in [0.25, 0.3) is 0 Å². The minimum absolute atomic E-state index is 0.0229. The van der Waals surface area contributed by atoms with Crippen LogP contribution in [-0.2, 0) is 6.42 Å². The summed E-state index contributed by atoms with van der Waals surface area (Å²) in [7, 11) is 0. The van der Waals surface area contributed by atoms with Gasteiger partial charge < -0.3 is 0 Å². The van der Waals surface area contributed by atoms with Crippen LogP contribution < -0.4 is 11.3 Å². The van der Waals surface area contributed by atoms with Crippen molar-refractivity contribution in [2.24, 2.45) is 5.84 Å². The molecule has 2 rings (SSSR count). The van der Waals surface area contributed by atoms with Gasteiger partial charge in [0.05, 0.1) is 16.1 Å². The lowest BCUT2D eigenvalue weighted by atomic mass is 9.99. The number of hydrogen-bond acceptors (Lipinski definition) is 2. The molecule has 3 N–H and O–H groups in total. The Bertz CT molecular complexity index is 575. The molecule has 0 aliphatic heterocycles. The normalized spacial score (nSPS) is 12.4. The summed E-state index contributed by atoms with van der Waals surface area (Å²) in [5.74, 6) is 5.65. The van der Waals surface area contributed by atoms with E-state index in [2.05, 4.69) is 21.4 Å². The molecule has 0 spiro atoms. The lowest BCUT2D eigenvalue weighted by molar-refractivity contribution is 0.552. The summed E-state index contributed by atoms with van der Waals surface area (Å²) in [6.07, 6.45) is 0.740. The van der Waals surface area contributed by atoms with Crippen LogP contribution in [0.2, 0.25) is 10.0 Å². The van der Waals surface area contributed by atoms with Crippen LogP contribution in [0.5, 0.6) is 0 Å². The first-order valence-electron chi connectivity index (χ1n) is 5.75. The highest BCUT2D eigenvalue weighted by atomic mass is 79.9. The Labute approximate surface area is 131 Å². The Morgan fingerprint density at radius 2 is 1.89 bits per heavy atom. The van der Waals surface area contributed by atoms with Crippen molar-refractivity contribution in [1.82, 2.24) is 5.43 Å². The Hall–Kier alpha value is -0.580.